The molecule has 0 saturated carbocycles. The largest absolute Gasteiger partial charge is 0.460 e. The van der Waals surface area contributed by atoms with Crippen molar-refractivity contribution in [3.05, 3.63) is 41.5 Å². The van der Waals surface area contributed by atoms with Crippen molar-refractivity contribution in [1.82, 2.24) is 5.48 Å². The number of hydroxylamine groups is 1. The highest BCUT2D eigenvalue weighted by Gasteiger charge is 2.36. The van der Waals surface area contributed by atoms with E-state index in [0.717, 1.165) is 11.1 Å². The number of benzene rings is 2. The van der Waals surface area contributed by atoms with E-state index in [1.54, 1.807) is 59.7 Å². The van der Waals surface area contributed by atoms with Crippen LogP contribution >= 0.6 is 0 Å². The molecule has 2 aromatic carbocycles. The number of Topliss-reactive ketones (excluding diaryl/α,β-unsaturated/α-hetero) is 2. The maximum absolute atomic E-state index is 13.3. The number of hydrogen-bond donors (Lipinski definition) is 1. The molecule has 0 heterocycles. The van der Waals surface area contributed by atoms with Crippen molar-refractivity contribution < 1.29 is 33.5 Å². The first-order valence-electron chi connectivity index (χ1n) is 12.4. The van der Waals surface area contributed by atoms with E-state index in [0.29, 0.717) is 23.1 Å². The van der Waals surface area contributed by atoms with Gasteiger partial charge in [-0.05, 0) is 60.1 Å². The van der Waals surface area contributed by atoms with Crippen LogP contribution in [0.1, 0.15) is 75.1 Å². The number of hydrogen-bond acceptors (Lipinski definition) is 8. The molecular weight excluding hydrogens is 476 g/mol. The Morgan fingerprint density at radius 1 is 0.919 bits per heavy atom. The summed E-state index contributed by atoms with van der Waals surface area (Å²) in [6.45, 7) is 11.2. The van der Waals surface area contributed by atoms with E-state index in [1.165, 1.54) is 0 Å². The lowest BCUT2D eigenvalue weighted by atomic mass is 9.77. The molecule has 37 heavy (non-hydrogen) atoms. The average molecular weight is 513 g/mol. The number of carbonyl (C=O) groups is 4. The van der Waals surface area contributed by atoms with Gasteiger partial charge in [0, 0.05) is 47.6 Å². The Labute approximate surface area is 217 Å². The molecule has 1 amide bonds. The lowest BCUT2D eigenvalue weighted by Gasteiger charge is -2.27. The van der Waals surface area contributed by atoms with Gasteiger partial charge >= 0.3 is 12.1 Å². The number of esters is 1. The first-order chi connectivity index (χ1) is 17.2. The van der Waals surface area contributed by atoms with Crippen molar-refractivity contribution in [3.8, 4) is 0 Å². The van der Waals surface area contributed by atoms with E-state index in [1.807, 2.05) is 24.1 Å². The Bertz CT molecular complexity index is 1190. The first kappa shape index (κ1) is 28.1. The van der Waals surface area contributed by atoms with E-state index in [4.69, 9.17) is 14.3 Å². The van der Waals surface area contributed by atoms with E-state index < -0.39 is 29.2 Å². The minimum absolute atomic E-state index is 0.0110. The van der Waals surface area contributed by atoms with Gasteiger partial charge in [-0.25, -0.2) is 4.79 Å². The fourth-order valence-electron chi connectivity index (χ4n) is 4.26. The van der Waals surface area contributed by atoms with E-state index in [-0.39, 0.29) is 31.0 Å². The van der Waals surface area contributed by atoms with Gasteiger partial charge in [-0.2, -0.15) is 5.48 Å². The predicted molar refractivity (Wildman–Crippen MR) is 140 cm³/mol. The van der Waals surface area contributed by atoms with Crippen molar-refractivity contribution in [2.75, 3.05) is 25.1 Å². The monoisotopic (exact) mass is 512 g/mol. The Hall–Kier alpha value is -3.46. The molecule has 2 aromatic rings. The van der Waals surface area contributed by atoms with Gasteiger partial charge in [-0.15, -0.1) is 0 Å². The summed E-state index contributed by atoms with van der Waals surface area (Å²) in [5.74, 6) is -1.91. The lowest BCUT2D eigenvalue weighted by molar-refractivity contribution is -0.154. The second kappa shape index (κ2) is 10.9. The molecule has 1 aliphatic carbocycles. The molecule has 0 aliphatic heterocycles. The SMILES string of the molecule is CN(CCONC(=O)OC(C)(C)C)c1ccc2c3c(cccc13)C(=O)C(CCC(=O)OC(C)(C)C)C2=O. The van der Waals surface area contributed by atoms with Gasteiger partial charge in [0.05, 0.1) is 12.5 Å². The smallest absolute Gasteiger partial charge is 0.431 e. The summed E-state index contributed by atoms with van der Waals surface area (Å²) >= 11 is 0. The van der Waals surface area contributed by atoms with Gasteiger partial charge in [0.1, 0.15) is 11.2 Å². The Morgan fingerprint density at radius 2 is 1.54 bits per heavy atom. The number of carbonyl (C=O) groups excluding carboxylic acids is 4. The molecule has 1 atom stereocenters. The third kappa shape index (κ3) is 7.07. The van der Waals surface area contributed by atoms with Gasteiger partial charge in [0.15, 0.2) is 11.6 Å². The van der Waals surface area contributed by atoms with Crippen molar-refractivity contribution in [1.29, 1.82) is 0 Å². The van der Waals surface area contributed by atoms with Crippen molar-refractivity contribution in [3.63, 3.8) is 0 Å². The summed E-state index contributed by atoms with van der Waals surface area (Å²) in [4.78, 5) is 57.7. The zero-order valence-electron chi connectivity index (χ0n) is 22.6. The molecule has 1 N–H and O–H groups in total. The van der Waals surface area contributed by atoms with E-state index in [9.17, 15) is 19.2 Å². The molecule has 0 radical (unpaired) electrons. The van der Waals surface area contributed by atoms with Gasteiger partial charge in [0.2, 0.25) is 0 Å². The quantitative estimate of drug-likeness (QED) is 0.231. The Morgan fingerprint density at radius 3 is 2.16 bits per heavy atom. The van der Waals surface area contributed by atoms with Crippen LogP contribution in [0.2, 0.25) is 0 Å². The molecule has 0 saturated heterocycles. The van der Waals surface area contributed by atoms with E-state index >= 15 is 0 Å². The van der Waals surface area contributed by atoms with Crippen molar-refractivity contribution >= 4 is 40.1 Å². The summed E-state index contributed by atoms with van der Waals surface area (Å²) in [5, 5.41) is 1.38. The Kier molecular flexibility index (Phi) is 8.27. The number of nitrogens with one attached hydrogen (secondary N) is 1. The fourth-order valence-corrected chi connectivity index (χ4v) is 4.26. The summed E-state index contributed by atoms with van der Waals surface area (Å²) < 4.78 is 10.5. The molecule has 1 aliphatic rings. The molecule has 9 nitrogen and oxygen atoms in total. The average Bonchev–Trinajstić information content (AvgIpc) is 2.77. The van der Waals surface area contributed by atoms with Crippen molar-refractivity contribution in [2.45, 2.75) is 65.6 Å². The number of rotatable bonds is 8. The number of amides is 1. The highest BCUT2D eigenvalue weighted by Crippen LogP contribution is 2.38. The lowest BCUT2D eigenvalue weighted by Crippen LogP contribution is -2.34. The van der Waals surface area contributed by atoms with Crippen LogP contribution in [0.25, 0.3) is 10.8 Å². The molecule has 3 rings (SSSR count). The molecule has 0 fully saturated rings. The van der Waals surface area contributed by atoms with Crippen LogP contribution in [0.3, 0.4) is 0 Å². The number of nitrogens with zero attached hydrogens (tertiary/aromatic N) is 1. The number of likely N-dealkylation sites (N-methyl/N-ethyl adjacent to an activating group) is 1. The predicted octanol–water partition coefficient (Wildman–Crippen LogP) is 4.85. The molecule has 0 spiro atoms. The molecule has 9 heteroatoms. The van der Waals surface area contributed by atoms with Crippen LogP contribution < -0.4 is 10.4 Å². The maximum Gasteiger partial charge on any atom is 0.431 e. The topological polar surface area (TPSA) is 111 Å². The van der Waals surface area contributed by atoms with Gasteiger partial charge in [-0.1, -0.05) is 18.2 Å². The van der Waals surface area contributed by atoms with Crippen LogP contribution in [-0.4, -0.2) is 55.0 Å². The summed E-state index contributed by atoms with van der Waals surface area (Å²) in [5.41, 5.74) is 2.76. The zero-order chi connectivity index (χ0) is 27.5. The summed E-state index contributed by atoms with van der Waals surface area (Å²) in [7, 11) is 1.86. The van der Waals surface area contributed by atoms with Crippen LogP contribution in [0.4, 0.5) is 10.5 Å². The second-order valence-corrected chi connectivity index (χ2v) is 11.1. The minimum atomic E-state index is -0.915. The molecule has 0 bridgehead atoms. The van der Waals surface area contributed by atoms with Gasteiger partial charge in [0.25, 0.3) is 0 Å². The maximum atomic E-state index is 13.3. The molecule has 200 valence electrons. The highest BCUT2D eigenvalue weighted by atomic mass is 16.7. The second-order valence-electron chi connectivity index (χ2n) is 11.1. The van der Waals surface area contributed by atoms with Crippen LogP contribution in [0, 0.1) is 5.92 Å². The van der Waals surface area contributed by atoms with Crippen LogP contribution in [0.15, 0.2) is 30.3 Å². The Balaban J connectivity index is 1.73. The van der Waals surface area contributed by atoms with Gasteiger partial charge in [-0.3, -0.25) is 19.2 Å². The molecule has 1 unspecified atom stereocenters. The molecule has 0 aromatic heterocycles. The summed E-state index contributed by atoms with van der Waals surface area (Å²) in [6.07, 6.45) is -0.579. The number of anilines is 1. The van der Waals surface area contributed by atoms with Gasteiger partial charge < -0.3 is 14.4 Å². The summed E-state index contributed by atoms with van der Waals surface area (Å²) in [6, 6.07) is 8.94. The number of ether oxygens (including phenoxy) is 2. The minimum Gasteiger partial charge on any atom is -0.460 e. The number of ketones is 2. The standard InChI is InChI=1S/C28H36N2O7/c1-27(2,3)36-22(31)14-12-20-24(32)18-10-8-9-17-21(13-11-19(23(17)18)25(20)33)30(7)15-16-35-29-26(34)37-28(4,5)6/h8-11,13,20H,12,14-16H2,1-7H3,(H,29,34). The normalized spacial score (nSPS) is 15.5. The first-order valence-corrected chi connectivity index (χ1v) is 12.4. The fraction of sp³-hybridized carbons (Fsp3) is 0.500. The van der Waals surface area contributed by atoms with E-state index in [2.05, 4.69) is 5.48 Å². The zero-order valence-corrected chi connectivity index (χ0v) is 22.6. The highest BCUT2D eigenvalue weighted by molar-refractivity contribution is 6.30. The van der Waals surface area contributed by atoms with Crippen molar-refractivity contribution in [2.24, 2.45) is 5.92 Å². The van der Waals surface area contributed by atoms with Crippen LogP contribution in [0.5, 0.6) is 0 Å². The third-order valence-electron chi connectivity index (χ3n) is 5.73. The molecular formula is C28H36N2O7. The third-order valence-corrected chi connectivity index (χ3v) is 5.73. The van der Waals surface area contributed by atoms with Crippen LogP contribution in [-0.2, 0) is 19.1 Å².